The maximum absolute atomic E-state index is 11.9. The van der Waals surface area contributed by atoms with Crippen LogP contribution in [0.5, 0.6) is 5.19 Å². The van der Waals surface area contributed by atoms with Gasteiger partial charge in [0.15, 0.2) is 0 Å². The molecule has 0 radical (unpaired) electrons. The average Bonchev–Trinajstić information content (AvgIpc) is 2.86. The van der Waals surface area contributed by atoms with Crippen molar-refractivity contribution in [2.75, 3.05) is 13.1 Å². The number of nitrogens with zero attached hydrogens (tertiary/aromatic N) is 2. The van der Waals surface area contributed by atoms with Crippen LogP contribution in [0.2, 0.25) is 0 Å². The summed E-state index contributed by atoms with van der Waals surface area (Å²) in [6.45, 7) is 8.83. The zero-order valence-corrected chi connectivity index (χ0v) is 12.6. The van der Waals surface area contributed by atoms with Gasteiger partial charge in [-0.1, -0.05) is 11.3 Å². The number of likely N-dealkylation sites (tertiary alicyclic amines) is 1. The molecule has 0 bridgehead atoms. The van der Waals surface area contributed by atoms with Crippen molar-refractivity contribution in [2.24, 2.45) is 0 Å². The molecule has 1 atom stereocenters. The molecule has 5 nitrogen and oxygen atoms in total. The smallest absolute Gasteiger partial charge is 0.410 e. The summed E-state index contributed by atoms with van der Waals surface area (Å²) in [6, 6.07) is 0. The van der Waals surface area contributed by atoms with Crippen LogP contribution < -0.4 is 4.74 Å². The Hall–Kier alpha value is -1.30. The van der Waals surface area contributed by atoms with Gasteiger partial charge < -0.3 is 14.4 Å². The Bertz CT molecular complexity index is 453. The molecule has 6 heteroatoms. The molecule has 1 saturated heterocycles. The fourth-order valence-corrected chi connectivity index (χ4v) is 2.52. The van der Waals surface area contributed by atoms with Gasteiger partial charge in [0.1, 0.15) is 11.7 Å². The van der Waals surface area contributed by atoms with Crippen LogP contribution in [-0.4, -0.2) is 40.8 Å². The molecule has 2 heterocycles. The van der Waals surface area contributed by atoms with Gasteiger partial charge >= 0.3 is 6.09 Å². The number of aromatic nitrogens is 1. The minimum absolute atomic E-state index is 0.0121. The first-order valence-corrected chi connectivity index (χ1v) is 7.22. The van der Waals surface area contributed by atoms with Crippen LogP contribution in [0, 0.1) is 6.92 Å². The molecule has 0 aliphatic carbocycles. The highest BCUT2D eigenvalue weighted by Gasteiger charge is 2.31. The lowest BCUT2D eigenvalue weighted by molar-refractivity contribution is 0.0275. The number of aryl methyl sites for hydroxylation is 1. The Labute approximate surface area is 117 Å². The zero-order valence-electron chi connectivity index (χ0n) is 11.8. The van der Waals surface area contributed by atoms with Crippen LogP contribution in [0.25, 0.3) is 0 Å². The van der Waals surface area contributed by atoms with Gasteiger partial charge in [-0.15, -0.1) is 0 Å². The van der Waals surface area contributed by atoms with Crippen LogP contribution in [0.4, 0.5) is 4.79 Å². The van der Waals surface area contributed by atoms with Crippen LogP contribution in [-0.2, 0) is 4.74 Å². The maximum Gasteiger partial charge on any atom is 0.410 e. The molecule has 1 aromatic heterocycles. The first-order valence-electron chi connectivity index (χ1n) is 6.40. The first-order chi connectivity index (χ1) is 8.83. The zero-order chi connectivity index (χ0) is 14.0. The first kappa shape index (κ1) is 14.1. The molecule has 1 unspecified atom stereocenters. The standard InChI is InChI=1S/C13H20N2O3S/c1-9-7-14-11(19-9)17-10-5-6-15(8-10)12(16)18-13(2,3)4/h7,10H,5-6,8H2,1-4H3. The fourth-order valence-electron chi connectivity index (χ4n) is 1.85. The SMILES string of the molecule is Cc1cnc(OC2CCN(C(=O)OC(C)(C)C)C2)s1. The molecule has 1 aliphatic rings. The number of thiazole rings is 1. The van der Waals surface area contributed by atoms with Crippen LogP contribution in [0.3, 0.4) is 0 Å². The van der Waals surface area contributed by atoms with Gasteiger partial charge in [-0.3, -0.25) is 0 Å². The van der Waals surface area contributed by atoms with Gasteiger partial charge in [0.2, 0.25) is 0 Å². The van der Waals surface area contributed by atoms with E-state index in [9.17, 15) is 4.79 Å². The lowest BCUT2D eigenvalue weighted by atomic mass is 10.2. The summed E-state index contributed by atoms with van der Waals surface area (Å²) >= 11 is 1.53. The topological polar surface area (TPSA) is 51.7 Å². The van der Waals surface area contributed by atoms with E-state index in [1.807, 2.05) is 27.7 Å². The molecule has 0 aromatic carbocycles. The number of rotatable bonds is 2. The van der Waals surface area contributed by atoms with Crippen molar-refractivity contribution in [2.45, 2.75) is 45.8 Å². The molecule has 0 N–H and O–H groups in total. The summed E-state index contributed by atoms with van der Waals surface area (Å²) in [5.74, 6) is 0. The molecule has 19 heavy (non-hydrogen) atoms. The predicted molar refractivity (Wildman–Crippen MR) is 73.7 cm³/mol. The monoisotopic (exact) mass is 284 g/mol. The third kappa shape index (κ3) is 4.09. The largest absolute Gasteiger partial charge is 0.465 e. The third-order valence-corrected chi connectivity index (χ3v) is 3.47. The van der Waals surface area contributed by atoms with Crippen molar-refractivity contribution in [3.05, 3.63) is 11.1 Å². The van der Waals surface area contributed by atoms with Gasteiger partial charge in [-0.25, -0.2) is 9.78 Å². The molecular weight excluding hydrogens is 264 g/mol. The highest BCUT2D eigenvalue weighted by Crippen LogP contribution is 2.24. The summed E-state index contributed by atoms with van der Waals surface area (Å²) < 4.78 is 11.1. The summed E-state index contributed by atoms with van der Waals surface area (Å²) in [5, 5.41) is 0.675. The normalized spacial score (nSPS) is 19.6. The van der Waals surface area contributed by atoms with E-state index < -0.39 is 5.60 Å². The highest BCUT2D eigenvalue weighted by molar-refractivity contribution is 7.13. The van der Waals surface area contributed by atoms with Gasteiger partial charge in [0.05, 0.1) is 6.54 Å². The second-order valence-electron chi connectivity index (χ2n) is 5.69. The van der Waals surface area contributed by atoms with Crippen molar-refractivity contribution >= 4 is 17.4 Å². The van der Waals surface area contributed by atoms with E-state index in [2.05, 4.69) is 4.98 Å². The number of amides is 1. The van der Waals surface area contributed by atoms with E-state index in [0.717, 1.165) is 11.3 Å². The highest BCUT2D eigenvalue weighted by atomic mass is 32.1. The minimum Gasteiger partial charge on any atom is -0.465 e. The third-order valence-electron chi connectivity index (χ3n) is 2.66. The van der Waals surface area contributed by atoms with Gasteiger partial charge in [-0.2, -0.15) is 0 Å². The molecule has 0 saturated carbocycles. The fraction of sp³-hybridized carbons (Fsp3) is 0.692. The molecule has 1 aromatic rings. The molecule has 1 amide bonds. The Morgan fingerprint density at radius 1 is 1.53 bits per heavy atom. The van der Waals surface area contributed by atoms with Crippen molar-refractivity contribution in [1.82, 2.24) is 9.88 Å². The second kappa shape index (κ2) is 5.36. The van der Waals surface area contributed by atoms with E-state index in [1.165, 1.54) is 11.3 Å². The van der Waals surface area contributed by atoms with E-state index >= 15 is 0 Å². The van der Waals surface area contributed by atoms with Crippen LogP contribution >= 0.6 is 11.3 Å². The van der Waals surface area contributed by atoms with Gasteiger partial charge in [-0.05, 0) is 27.7 Å². The molecule has 1 aliphatic heterocycles. The Balaban J connectivity index is 1.84. The quantitative estimate of drug-likeness (QED) is 0.838. The Kier molecular flexibility index (Phi) is 3.99. The van der Waals surface area contributed by atoms with E-state index in [4.69, 9.17) is 9.47 Å². The number of ether oxygens (including phenoxy) is 2. The lowest BCUT2D eigenvalue weighted by Gasteiger charge is -2.24. The molecule has 106 valence electrons. The summed E-state index contributed by atoms with van der Waals surface area (Å²) in [5.41, 5.74) is -0.456. The summed E-state index contributed by atoms with van der Waals surface area (Å²) in [7, 11) is 0. The number of carbonyl (C=O) groups excluding carboxylic acids is 1. The number of carbonyl (C=O) groups is 1. The summed E-state index contributed by atoms with van der Waals surface area (Å²) in [6.07, 6.45) is 2.35. The van der Waals surface area contributed by atoms with Crippen LogP contribution in [0.1, 0.15) is 32.1 Å². The Morgan fingerprint density at radius 2 is 2.26 bits per heavy atom. The van der Waals surface area contributed by atoms with Gasteiger partial charge in [0.25, 0.3) is 5.19 Å². The summed E-state index contributed by atoms with van der Waals surface area (Å²) in [4.78, 5) is 18.9. The van der Waals surface area contributed by atoms with E-state index in [0.29, 0.717) is 18.3 Å². The second-order valence-corrected chi connectivity index (χ2v) is 6.89. The van der Waals surface area contributed by atoms with Crippen molar-refractivity contribution in [1.29, 1.82) is 0 Å². The van der Waals surface area contributed by atoms with E-state index in [1.54, 1.807) is 11.1 Å². The predicted octanol–water partition coefficient (Wildman–Crippen LogP) is 2.84. The number of hydrogen-bond donors (Lipinski definition) is 0. The maximum atomic E-state index is 11.9. The van der Waals surface area contributed by atoms with E-state index in [-0.39, 0.29) is 12.2 Å². The minimum atomic E-state index is -0.456. The van der Waals surface area contributed by atoms with Gasteiger partial charge in [0, 0.05) is 24.0 Å². The van der Waals surface area contributed by atoms with Crippen molar-refractivity contribution < 1.29 is 14.3 Å². The van der Waals surface area contributed by atoms with Crippen molar-refractivity contribution in [3.63, 3.8) is 0 Å². The van der Waals surface area contributed by atoms with Crippen LogP contribution in [0.15, 0.2) is 6.20 Å². The van der Waals surface area contributed by atoms with Crippen molar-refractivity contribution in [3.8, 4) is 5.19 Å². The lowest BCUT2D eigenvalue weighted by Crippen LogP contribution is -2.36. The number of hydrogen-bond acceptors (Lipinski definition) is 5. The molecular formula is C13H20N2O3S. The Morgan fingerprint density at radius 3 is 2.84 bits per heavy atom. The molecule has 0 spiro atoms. The molecule has 1 fully saturated rings. The molecule has 2 rings (SSSR count). The average molecular weight is 284 g/mol.